The Morgan fingerprint density at radius 3 is 2.52 bits per heavy atom. The maximum Gasteiger partial charge on any atom is 1.00 e. The van der Waals surface area contributed by atoms with E-state index in [1.54, 1.807) is 11.9 Å². The maximum atomic E-state index is 6.08. The third kappa shape index (κ3) is 4.30. The van der Waals surface area contributed by atoms with Gasteiger partial charge in [0.05, 0.1) is 6.10 Å². The summed E-state index contributed by atoms with van der Waals surface area (Å²) in [7, 11) is 1.88. The van der Waals surface area contributed by atoms with Crippen molar-refractivity contribution in [3.8, 4) is 0 Å². The van der Waals surface area contributed by atoms with Crippen LogP contribution in [0.3, 0.4) is 0 Å². The van der Waals surface area contributed by atoms with E-state index >= 15 is 0 Å². The standard InChI is InChI=1S/C22H33ClNOS.Li/c1-6-7-8-18(15-9-11-16(23)12-10-15)24-26-19-17-13-14-22(4,20(19)25-5)21(17,2)3;/h9-12,17-20H,6-8,13-14H2,1-5H3;/q-1;+1/t17-,18?,19?,20?,22+;/m1./s1. The number of unbranched alkanes of at least 4 members (excludes halogenated alkanes) is 1. The van der Waals surface area contributed by atoms with Crippen LogP contribution in [0.5, 0.6) is 0 Å². The van der Waals surface area contributed by atoms with Gasteiger partial charge in [-0.25, -0.2) is 0 Å². The van der Waals surface area contributed by atoms with E-state index in [1.807, 2.05) is 19.2 Å². The fourth-order valence-corrected chi connectivity index (χ4v) is 7.03. The molecule has 0 aliphatic heterocycles. The molecular weight excluding hydrogens is 369 g/mol. The van der Waals surface area contributed by atoms with Gasteiger partial charge < -0.3 is 9.46 Å². The van der Waals surface area contributed by atoms with Gasteiger partial charge >= 0.3 is 18.9 Å². The number of hydrogen-bond acceptors (Lipinski definition) is 2. The number of fused-ring (bicyclic) bond motifs is 2. The van der Waals surface area contributed by atoms with E-state index in [0.717, 1.165) is 11.4 Å². The molecule has 1 aromatic carbocycles. The van der Waals surface area contributed by atoms with Crippen molar-refractivity contribution in [3.63, 3.8) is 0 Å². The van der Waals surface area contributed by atoms with Crippen LogP contribution in [-0.4, -0.2) is 18.5 Å². The summed E-state index contributed by atoms with van der Waals surface area (Å²) in [6.45, 7) is 9.54. The molecule has 0 spiro atoms. The zero-order valence-electron chi connectivity index (χ0n) is 17.8. The van der Waals surface area contributed by atoms with Crippen LogP contribution < -0.4 is 18.9 Å². The molecule has 2 aliphatic rings. The van der Waals surface area contributed by atoms with E-state index in [2.05, 4.69) is 39.8 Å². The molecule has 1 aromatic rings. The van der Waals surface area contributed by atoms with Crippen LogP contribution in [-0.2, 0) is 4.74 Å². The zero-order valence-corrected chi connectivity index (χ0v) is 19.4. The van der Waals surface area contributed by atoms with Gasteiger partial charge in [-0.15, -0.1) is 6.04 Å². The summed E-state index contributed by atoms with van der Waals surface area (Å²) in [5, 5.41) is 1.25. The van der Waals surface area contributed by atoms with Crippen molar-refractivity contribution in [2.24, 2.45) is 16.7 Å². The van der Waals surface area contributed by atoms with Crippen molar-refractivity contribution < 1.29 is 23.6 Å². The number of rotatable bonds is 8. The Balaban J connectivity index is 0.00000261. The first-order chi connectivity index (χ1) is 12.3. The second kappa shape index (κ2) is 9.46. The van der Waals surface area contributed by atoms with Crippen LogP contribution in [0.25, 0.3) is 4.72 Å². The Hall–Kier alpha value is 0.377. The van der Waals surface area contributed by atoms with E-state index in [9.17, 15) is 0 Å². The number of ether oxygens (including phenoxy) is 1. The van der Waals surface area contributed by atoms with Crippen LogP contribution >= 0.6 is 23.5 Å². The third-order valence-electron chi connectivity index (χ3n) is 7.35. The van der Waals surface area contributed by atoms with Crippen LogP contribution in [0.15, 0.2) is 24.3 Å². The van der Waals surface area contributed by atoms with Gasteiger partial charge in [0.2, 0.25) is 0 Å². The third-order valence-corrected chi connectivity index (χ3v) is 8.79. The largest absolute Gasteiger partial charge is 1.00 e. The molecule has 5 heteroatoms. The van der Waals surface area contributed by atoms with Gasteiger partial charge in [-0.05, 0) is 36.3 Å². The van der Waals surface area contributed by atoms with E-state index < -0.39 is 0 Å². The summed E-state index contributed by atoms with van der Waals surface area (Å²) in [6.07, 6.45) is 6.36. The molecular formula is C22H33ClLiNOS. The molecule has 2 nitrogen and oxygen atoms in total. The Morgan fingerprint density at radius 1 is 1.26 bits per heavy atom. The Kier molecular flexibility index (Phi) is 8.29. The minimum Gasteiger partial charge on any atom is -0.599 e. The quantitative estimate of drug-likeness (QED) is 0.475. The average Bonchev–Trinajstić information content (AvgIpc) is 2.94. The second-order valence-electron chi connectivity index (χ2n) is 8.83. The first-order valence-corrected chi connectivity index (χ1v) is 11.2. The number of halogens is 1. The molecule has 3 rings (SSSR count). The predicted molar refractivity (Wildman–Crippen MR) is 114 cm³/mol. The van der Waals surface area contributed by atoms with Crippen molar-refractivity contribution in [1.29, 1.82) is 0 Å². The van der Waals surface area contributed by atoms with Gasteiger partial charge in [-0.1, -0.05) is 76.3 Å². The van der Waals surface area contributed by atoms with E-state index in [0.29, 0.717) is 22.7 Å². The molecule has 0 saturated heterocycles. The molecule has 3 unspecified atom stereocenters. The normalized spacial score (nSPS) is 32.3. The van der Waals surface area contributed by atoms with E-state index in [1.165, 1.54) is 31.2 Å². The molecule has 5 atom stereocenters. The van der Waals surface area contributed by atoms with Crippen molar-refractivity contribution in [2.45, 2.75) is 77.2 Å². The first kappa shape index (κ1) is 23.7. The van der Waals surface area contributed by atoms with Crippen molar-refractivity contribution in [1.82, 2.24) is 0 Å². The molecule has 2 aliphatic carbocycles. The van der Waals surface area contributed by atoms with E-state index in [-0.39, 0.29) is 30.3 Å². The number of benzene rings is 1. The molecule has 0 radical (unpaired) electrons. The summed E-state index contributed by atoms with van der Waals surface area (Å²) in [5.41, 5.74) is 1.86. The molecule has 0 N–H and O–H groups in total. The molecule has 27 heavy (non-hydrogen) atoms. The zero-order chi connectivity index (χ0) is 18.9. The van der Waals surface area contributed by atoms with Crippen LogP contribution in [0.4, 0.5) is 0 Å². The van der Waals surface area contributed by atoms with Gasteiger partial charge in [-0.2, -0.15) is 0 Å². The number of methoxy groups -OCH3 is 1. The Labute approximate surface area is 187 Å². The smallest absolute Gasteiger partial charge is 0.599 e. The number of hydrogen-bond donors (Lipinski definition) is 0. The van der Waals surface area contributed by atoms with Gasteiger partial charge in [0.1, 0.15) is 0 Å². The summed E-state index contributed by atoms with van der Waals surface area (Å²) >= 11 is 7.88. The minimum absolute atomic E-state index is 0. The Bertz CT molecular complexity index is 611. The van der Waals surface area contributed by atoms with Gasteiger partial charge in [0.25, 0.3) is 0 Å². The summed E-state index contributed by atoms with van der Waals surface area (Å²) < 4.78 is 11.2. The fraction of sp³-hybridized carbons (Fsp3) is 0.727. The molecule has 0 amide bonds. The van der Waals surface area contributed by atoms with Crippen LogP contribution in [0.1, 0.15) is 71.4 Å². The van der Waals surface area contributed by atoms with Gasteiger partial charge in [0, 0.05) is 22.8 Å². The molecule has 0 aromatic heterocycles. The molecule has 146 valence electrons. The van der Waals surface area contributed by atoms with Gasteiger partial charge in [0.15, 0.2) is 0 Å². The van der Waals surface area contributed by atoms with E-state index in [4.69, 9.17) is 21.1 Å². The number of nitrogens with zero attached hydrogens (tertiary/aromatic N) is 1. The Morgan fingerprint density at radius 2 is 1.93 bits per heavy atom. The second-order valence-corrected chi connectivity index (χ2v) is 10.2. The maximum absolute atomic E-state index is 6.08. The van der Waals surface area contributed by atoms with Crippen LogP contribution in [0.2, 0.25) is 5.02 Å². The van der Waals surface area contributed by atoms with Gasteiger partial charge in [-0.3, -0.25) is 11.9 Å². The van der Waals surface area contributed by atoms with Crippen molar-refractivity contribution >= 4 is 23.5 Å². The average molecular weight is 402 g/mol. The molecule has 2 bridgehead atoms. The monoisotopic (exact) mass is 401 g/mol. The molecule has 2 fully saturated rings. The fourth-order valence-electron chi connectivity index (χ4n) is 5.25. The first-order valence-electron chi connectivity index (χ1n) is 9.99. The molecule has 2 saturated carbocycles. The van der Waals surface area contributed by atoms with Crippen LogP contribution in [0, 0.1) is 16.7 Å². The summed E-state index contributed by atoms with van der Waals surface area (Å²) in [5.74, 6) is 0.684. The summed E-state index contributed by atoms with van der Waals surface area (Å²) in [4.78, 5) is 0. The predicted octanol–water partition coefficient (Wildman–Crippen LogP) is 4.44. The van der Waals surface area contributed by atoms with Crippen molar-refractivity contribution in [3.05, 3.63) is 39.6 Å². The SMILES string of the molecule is CCCCC([N-]SC1C(OC)[C@]2(C)CC[C@H]1C2(C)C)c1ccc(Cl)cc1.[Li+]. The molecule has 0 heterocycles. The topological polar surface area (TPSA) is 23.3 Å². The minimum atomic E-state index is 0. The van der Waals surface area contributed by atoms with Crippen molar-refractivity contribution in [2.75, 3.05) is 7.11 Å². The summed E-state index contributed by atoms with van der Waals surface area (Å²) in [6, 6.07) is 8.47.